The highest BCUT2D eigenvalue weighted by Crippen LogP contribution is 2.32. The van der Waals surface area contributed by atoms with Gasteiger partial charge in [-0.2, -0.15) is 0 Å². The van der Waals surface area contributed by atoms with Crippen LogP contribution >= 0.6 is 0 Å². The third-order valence-corrected chi connectivity index (χ3v) is 6.65. The number of benzene rings is 2. The SMILES string of the molecule is CCN1CCC(N2CCc3ccccc32)CC1.Cc1ccc(S(N)(=O)=O)cc1. The van der Waals surface area contributed by atoms with E-state index in [-0.39, 0.29) is 4.90 Å². The number of fused-ring (bicyclic) bond motifs is 1. The fraction of sp³-hybridized carbons (Fsp3) is 0.455. The number of likely N-dealkylation sites (tertiary alicyclic amines) is 1. The molecule has 0 aromatic heterocycles. The minimum absolute atomic E-state index is 0.156. The van der Waals surface area contributed by atoms with E-state index in [2.05, 4.69) is 41.0 Å². The lowest BCUT2D eigenvalue weighted by Gasteiger charge is -2.37. The van der Waals surface area contributed by atoms with E-state index in [1.807, 2.05) is 6.92 Å². The second-order valence-corrected chi connectivity index (χ2v) is 9.16. The monoisotopic (exact) mass is 401 g/mol. The Kier molecular flexibility index (Phi) is 6.75. The first-order chi connectivity index (χ1) is 13.4. The number of nitrogens with two attached hydrogens (primary N) is 1. The molecule has 4 rings (SSSR count). The lowest BCUT2D eigenvalue weighted by Crippen LogP contribution is -2.44. The highest BCUT2D eigenvalue weighted by molar-refractivity contribution is 7.89. The van der Waals surface area contributed by atoms with Gasteiger partial charge in [0.25, 0.3) is 0 Å². The summed E-state index contributed by atoms with van der Waals surface area (Å²) < 4.78 is 21.4. The summed E-state index contributed by atoms with van der Waals surface area (Å²) in [4.78, 5) is 5.38. The first kappa shape index (κ1) is 20.8. The zero-order valence-electron chi connectivity index (χ0n) is 16.8. The molecule has 0 aliphatic carbocycles. The molecule has 0 unspecified atom stereocenters. The van der Waals surface area contributed by atoms with E-state index in [1.54, 1.807) is 17.7 Å². The van der Waals surface area contributed by atoms with Gasteiger partial charge in [-0.3, -0.25) is 0 Å². The zero-order chi connectivity index (χ0) is 20.1. The van der Waals surface area contributed by atoms with Crippen molar-refractivity contribution in [2.45, 2.75) is 44.0 Å². The molecule has 0 radical (unpaired) electrons. The average Bonchev–Trinajstić information content (AvgIpc) is 3.12. The Morgan fingerprint density at radius 1 is 1.00 bits per heavy atom. The van der Waals surface area contributed by atoms with Crippen LogP contribution in [0.4, 0.5) is 5.69 Å². The highest BCUT2D eigenvalue weighted by Gasteiger charge is 2.28. The van der Waals surface area contributed by atoms with Gasteiger partial charge < -0.3 is 9.80 Å². The molecule has 2 aromatic carbocycles. The van der Waals surface area contributed by atoms with Crippen molar-refractivity contribution in [3.8, 4) is 0 Å². The summed E-state index contributed by atoms with van der Waals surface area (Å²) in [5.41, 5.74) is 4.06. The van der Waals surface area contributed by atoms with Crippen LogP contribution in [0.15, 0.2) is 53.4 Å². The van der Waals surface area contributed by atoms with Crippen LogP contribution in [0.2, 0.25) is 0 Å². The quantitative estimate of drug-likeness (QED) is 0.858. The molecule has 6 heteroatoms. The standard InChI is InChI=1S/C15H22N2.C7H9NO2S/c1-2-16-10-8-14(9-11-16)17-12-7-13-5-3-4-6-15(13)17;1-6-2-4-7(5-3-6)11(8,9)10/h3-6,14H,2,7-12H2,1H3;2-5H,1H3,(H2,8,9,10). The number of para-hydroxylation sites is 1. The number of aryl methyl sites for hydroxylation is 1. The second kappa shape index (κ2) is 9.07. The van der Waals surface area contributed by atoms with E-state index in [1.165, 1.54) is 63.3 Å². The molecule has 152 valence electrons. The largest absolute Gasteiger partial charge is 0.368 e. The Hall–Kier alpha value is -1.89. The summed E-state index contributed by atoms with van der Waals surface area (Å²) in [7, 11) is -3.52. The molecule has 0 amide bonds. The Morgan fingerprint density at radius 2 is 1.64 bits per heavy atom. The lowest BCUT2D eigenvalue weighted by atomic mass is 10.0. The first-order valence-corrected chi connectivity index (χ1v) is 11.6. The van der Waals surface area contributed by atoms with E-state index >= 15 is 0 Å². The number of hydrogen-bond acceptors (Lipinski definition) is 4. The molecule has 0 bridgehead atoms. The molecule has 0 atom stereocenters. The number of rotatable bonds is 3. The van der Waals surface area contributed by atoms with Gasteiger partial charge in [0, 0.05) is 31.4 Å². The molecule has 2 aromatic rings. The van der Waals surface area contributed by atoms with Crippen molar-refractivity contribution in [2.24, 2.45) is 5.14 Å². The minimum atomic E-state index is -3.52. The van der Waals surface area contributed by atoms with Crippen LogP contribution in [0.3, 0.4) is 0 Å². The van der Waals surface area contributed by atoms with Gasteiger partial charge in [0.05, 0.1) is 4.90 Å². The molecular weight excluding hydrogens is 370 g/mol. The van der Waals surface area contributed by atoms with Gasteiger partial charge in [0.1, 0.15) is 0 Å². The molecular formula is C22H31N3O2S. The summed E-state index contributed by atoms with van der Waals surface area (Å²) in [5.74, 6) is 0. The number of nitrogens with zero attached hydrogens (tertiary/aromatic N) is 2. The lowest BCUT2D eigenvalue weighted by molar-refractivity contribution is 0.219. The topological polar surface area (TPSA) is 66.6 Å². The van der Waals surface area contributed by atoms with Gasteiger partial charge in [0.15, 0.2) is 0 Å². The van der Waals surface area contributed by atoms with Crippen molar-refractivity contribution in [3.63, 3.8) is 0 Å². The third kappa shape index (κ3) is 5.13. The molecule has 5 nitrogen and oxygen atoms in total. The van der Waals surface area contributed by atoms with E-state index in [0.717, 1.165) is 11.6 Å². The normalized spacial score (nSPS) is 17.8. The van der Waals surface area contributed by atoms with Crippen LogP contribution in [-0.4, -0.2) is 45.5 Å². The predicted molar refractivity (Wildman–Crippen MR) is 115 cm³/mol. The molecule has 1 saturated heterocycles. The minimum Gasteiger partial charge on any atom is -0.368 e. The number of primary sulfonamides is 1. The van der Waals surface area contributed by atoms with Crippen molar-refractivity contribution in [1.29, 1.82) is 0 Å². The van der Waals surface area contributed by atoms with E-state index in [0.29, 0.717) is 0 Å². The Labute approximate surface area is 169 Å². The van der Waals surface area contributed by atoms with Crippen LogP contribution in [0.25, 0.3) is 0 Å². The molecule has 0 spiro atoms. The summed E-state index contributed by atoms with van der Waals surface area (Å²) >= 11 is 0. The molecule has 0 saturated carbocycles. The van der Waals surface area contributed by atoms with Crippen LogP contribution in [0, 0.1) is 6.92 Å². The molecule has 28 heavy (non-hydrogen) atoms. The van der Waals surface area contributed by atoms with Crippen molar-refractivity contribution in [1.82, 2.24) is 4.90 Å². The number of sulfonamides is 1. The van der Waals surface area contributed by atoms with Crippen molar-refractivity contribution in [2.75, 3.05) is 31.1 Å². The average molecular weight is 402 g/mol. The zero-order valence-corrected chi connectivity index (χ0v) is 17.7. The van der Waals surface area contributed by atoms with E-state index in [9.17, 15) is 8.42 Å². The van der Waals surface area contributed by atoms with Gasteiger partial charge in [-0.25, -0.2) is 13.6 Å². The fourth-order valence-electron chi connectivity index (χ4n) is 4.02. The molecule has 2 heterocycles. The van der Waals surface area contributed by atoms with Crippen LogP contribution in [0.5, 0.6) is 0 Å². The van der Waals surface area contributed by atoms with Gasteiger partial charge in [-0.1, -0.05) is 42.8 Å². The fourth-order valence-corrected chi connectivity index (χ4v) is 4.53. The maximum Gasteiger partial charge on any atom is 0.238 e. The molecule has 2 aliphatic heterocycles. The summed E-state index contributed by atoms with van der Waals surface area (Å²) in [6.07, 6.45) is 3.91. The summed E-state index contributed by atoms with van der Waals surface area (Å²) in [6.45, 7) is 9.15. The van der Waals surface area contributed by atoms with Gasteiger partial charge in [-0.05, 0) is 56.5 Å². The van der Waals surface area contributed by atoms with Gasteiger partial charge in [-0.15, -0.1) is 0 Å². The van der Waals surface area contributed by atoms with E-state index in [4.69, 9.17) is 5.14 Å². The maximum absolute atomic E-state index is 10.7. The van der Waals surface area contributed by atoms with Crippen molar-refractivity contribution >= 4 is 15.7 Å². The predicted octanol–water partition coefficient (Wildman–Crippen LogP) is 3.18. The van der Waals surface area contributed by atoms with Crippen LogP contribution in [0.1, 0.15) is 30.9 Å². The van der Waals surface area contributed by atoms with Gasteiger partial charge in [0.2, 0.25) is 10.0 Å². The Balaban J connectivity index is 0.000000178. The third-order valence-electron chi connectivity index (χ3n) is 5.72. The summed E-state index contributed by atoms with van der Waals surface area (Å²) in [6, 6.07) is 16.1. The van der Waals surface area contributed by atoms with Crippen molar-refractivity contribution in [3.05, 3.63) is 59.7 Å². The number of hydrogen-bond donors (Lipinski definition) is 1. The Bertz CT molecular complexity index is 873. The highest BCUT2D eigenvalue weighted by atomic mass is 32.2. The number of anilines is 1. The van der Waals surface area contributed by atoms with Crippen LogP contribution in [-0.2, 0) is 16.4 Å². The molecule has 2 aliphatic rings. The van der Waals surface area contributed by atoms with Crippen LogP contribution < -0.4 is 10.0 Å². The van der Waals surface area contributed by atoms with Crippen molar-refractivity contribution < 1.29 is 8.42 Å². The second-order valence-electron chi connectivity index (χ2n) is 7.60. The number of piperidine rings is 1. The summed E-state index contributed by atoms with van der Waals surface area (Å²) in [5, 5.41) is 4.88. The van der Waals surface area contributed by atoms with Gasteiger partial charge >= 0.3 is 0 Å². The molecule has 2 N–H and O–H groups in total. The first-order valence-electron chi connectivity index (χ1n) is 10.0. The maximum atomic E-state index is 10.7. The van der Waals surface area contributed by atoms with E-state index < -0.39 is 10.0 Å². The smallest absolute Gasteiger partial charge is 0.238 e. The molecule has 1 fully saturated rings. The Morgan fingerprint density at radius 3 is 2.25 bits per heavy atom.